The summed E-state index contributed by atoms with van der Waals surface area (Å²) in [5, 5.41) is 15.7. The molecular formula is C22H16BrClN4O. The minimum absolute atomic E-state index is 0.220. The van der Waals surface area contributed by atoms with Crippen LogP contribution < -0.4 is 10.9 Å². The summed E-state index contributed by atoms with van der Waals surface area (Å²) in [6.07, 6.45) is 1.69. The highest BCUT2D eigenvalue weighted by Gasteiger charge is 2.21. The monoisotopic (exact) mass is 466 g/mol. The molecule has 0 spiro atoms. The number of halogens is 2. The largest absolute Gasteiger partial charge is 0.338 e. The molecule has 0 fully saturated rings. The van der Waals surface area contributed by atoms with E-state index < -0.39 is 5.41 Å². The predicted molar refractivity (Wildman–Crippen MR) is 121 cm³/mol. The van der Waals surface area contributed by atoms with E-state index in [1.54, 1.807) is 12.3 Å². The zero-order valence-corrected chi connectivity index (χ0v) is 18.0. The molecule has 144 valence electrons. The quantitative estimate of drug-likeness (QED) is 0.360. The van der Waals surface area contributed by atoms with Gasteiger partial charge < -0.3 is 10.3 Å². The summed E-state index contributed by atoms with van der Waals surface area (Å²) >= 11 is 9.90. The molecule has 4 aromatic rings. The second-order valence-electron chi connectivity index (χ2n) is 7.30. The van der Waals surface area contributed by atoms with E-state index in [2.05, 4.69) is 32.3 Å². The van der Waals surface area contributed by atoms with Crippen molar-refractivity contribution in [1.29, 1.82) is 5.26 Å². The topological polar surface area (TPSA) is 81.6 Å². The SMILES string of the molecule is CC(C)(C#N)c1ccc(Cl)c(Nc2nc3ccc(Br)cc3c3c[nH]c(=O)cc23)c1. The number of aromatic amines is 1. The van der Waals surface area contributed by atoms with Gasteiger partial charge in [0.05, 0.1) is 27.7 Å². The normalized spacial score (nSPS) is 11.6. The average Bonchev–Trinajstić information content (AvgIpc) is 2.70. The van der Waals surface area contributed by atoms with Gasteiger partial charge in [-0.05, 0) is 49.7 Å². The molecule has 0 saturated carbocycles. The van der Waals surface area contributed by atoms with Crippen molar-refractivity contribution in [2.24, 2.45) is 0 Å². The van der Waals surface area contributed by atoms with Gasteiger partial charge in [0.1, 0.15) is 5.82 Å². The van der Waals surface area contributed by atoms with E-state index in [4.69, 9.17) is 16.6 Å². The number of H-pyrrole nitrogens is 1. The smallest absolute Gasteiger partial charge is 0.248 e. The zero-order valence-electron chi connectivity index (χ0n) is 15.7. The molecular weight excluding hydrogens is 452 g/mol. The van der Waals surface area contributed by atoms with Gasteiger partial charge in [-0.15, -0.1) is 0 Å². The Kier molecular flexibility index (Phi) is 4.81. The molecule has 2 aromatic carbocycles. The van der Waals surface area contributed by atoms with Crippen molar-refractivity contribution in [3.8, 4) is 6.07 Å². The van der Waals surface area contributed by atoms with Crippen molar-refractivity contribution in [1.82, 2.24) is 9.97 Å². The molecule has 0 aliphatic carbocycles. The summed E-state index contributed by atoms with van der Waals surface area (Å²) in [5.74, 6) is 0.523. The number of benzene rings is 2. The van der Waals surface area contributed by atoms with Gasteiger partial charge in [0.2, 0.25) is 5.56 Å². The highest BCUT2D eigenvalue weighted by atomic mass is 79.9. The molecule has 4 rings (SSSR count). The third-order valence-corrected chi connectivity index (χ3v) is 5.70. The lowest BCUT2D eigenvalue weighted by Crippen LogP contribution is -2.14. The van der Waals surface area contributed by atoms with Gasteiger partial charge in [0.15, 0.2) is 0 Å². The minimum Gasteiger partial charge on any atom is -0.338 e. The van der Waals surface area contributed by atoms with Crippen LogP contribution >= 0.6 is 27.5 Å². The first kappa shape index (κ1) is 19.4. The molecule has 2 aromatic heterocycles. The number of rotatable bonds is 3. The fourth-order valence-corrected chi connectivity index (χ4v) is 3.72. The Bertz CT molecular complexity index is 1370. The summed E-state index contributed by atoms with van der Waals surface area (Å²) < 4.78 is 0.925. The number of nitrogens with zero attached hydrogens (tertiary/aromatic N) is 2. The first-order valence-corrected chi connectivity index (χ1v) is 10.1. The number of nitrogens with one attached hydrogen (secondary N) is 2. The third-order valence-electron chi connectivity index (χ3n) is 4.88. The first-order chi connectivity index (χ1) is 13.8. The number of hydrogen-bond acceptors (Lipinski definition) is 4. The van der Waals surface area contributed by atoms with E-state index in [-0.39, 0.29) is 5.56 Å². The van der Waals surface area contributed by atoms with Crippen LogP contribution in [0.4, 0.5) is 11.5 Å². The standard InChI is InChI=1S/C22H16BrClN4O/c1-22(2,11-25)12-3-5-17(24)19(7-12)28-21-15-9-20(29)26-10-16(15)14-8-13(23)4-6-18(14)27-21/h3-10H,1-2H3,(H,26,29)(H,27,28). The van der Waals surface area contributed by atoms with Crippen molar-refractivity contribution in [2.75, 3.05) is 5.32 Å². The Balaban J connectivity index is 1.94. The molecule has 0 atom stereocenters. The molecule has 0 saturated heterocycles. The third kappa shape index (κ3) is 3.59. The second kappa shape index (κ2) is 7.18. The number of nitriles is 1. The maximum absolute atomic E-state index is 12.0. The van der Waals surface area contributed by atoms with Crippen molar-refractivity contribution < 1.29 is 0 Å². The van der Waals surface area contributed by atoms with Gasteiger partial charge in [-0.2, -0.15) is 5.26 Å². The predicted octanol–water partition coefficient (Wildman–Crippen LogP) is 6.04. The summed E-state index contributed by atoms with van der Waals surface area (Å²) in [5.41, 5.74) is 1.35. The minimum atomic E-state index is -0.663. The highest BCUT2D eigenvalue weighted by Crippen LogP contribution is 2.35. The van der Waals surface area contributed by atoms with Crippen LogP contribution in [0.3, 0.4) is 0 Å². The van der Waals surface area contributed by atoms with Crippen molar-refractivity contribution in [3.05, 3.63) is 74.1 Å². The molecule has 0 aliphatic heterocycles. The van der Waals surface area contributed by atoms with Gasteiger partial charge in [0, 0.05) is 32.9 Å². The number of aromatic nitrogens is 2. The average molecular weight is 468 g/mol. The zero-order chi connectivity index (χ0) is 20.8. The Hall–Kier alpha value is -2.88. The highest BCUT2D eigenvalue weighted by molar-refractivity contribution is 9.10. The fourth-order valence-electron chi connectivity index (χ4n) is 3.19. The van der Waals surface area contributed by atoms with E-state index in [0.717, 1.165) is 26.3 Å². The lowest BCUT2D eigenvalue weighted by Gasteiger charge is -2.18. The molecule has 7 heteroatoms. The van der Waals surface area contributed by atoms with Crippen LogP contribution in [0.2, 0.25) is 5.02 Å². The number of hydrogen-bond donors (Lipinski definition) is 2. The van der Waals surface area contributed by atoms with Crippen LogP contribution in [-0.2, 0) is 5.41 Å². The summed E-state index contributed by atoms with van der Waals surface area (Å²) in [6.45, 7) is 3.70. The number of pyridine rings is 2. The van der Waals surface area contributed by atoms with E-state index in [1.165, 1.54) is 6.07 Å². The number of fused-ring (bicyclic) bond motifs is 3. The molecule has 2 N–H and O–H groups in total. The Morgan fingerprint density at radius 3 is 2.69 bits per heavy atom. The molecule has 0 radical (unpaired) electrons. The van der Waals surface area contributed by atoms with E-state index in [1.807, 2.05) is 44.2 Å². The van der Waals surface area contributed by atoms with Gasteiger partial charge in [-0.3, -0.25) is 4.79 Å². The number of anilines is 2. The summed E-state index contributed by atoms with van der Waals surface area (Å²) in [7, 11) is 0. The van der Waals surface area contributed by atoms with E-state index in [9.17, 15) is 10.1 Å². The van der Waals surface area contributed by atoms with Gasteiger partial charge in [-0.25, -0.2) is 4.98 Å². The summed E-state index contributed by atoms with van der Waals surface area (Å²) in [4.78, 5) is 19.5. The van der Waals surface area contributed by atoms with Gasteiger partial charge in [-0.1, -0.05) is 33.6 Å². The Morgan fingerprint density at radius 2 is 1.93 bits per heavy atom. The van der Waals surface area contributed by atoms with Crippen LogP contribution in [-0.4, -0.2) is 9.97 Å². The van der Waals surface area contributed by atoms with Crippen LogP contribution in [0.5, 0.6) is 0 Å². The van der Waals surface area contributed by atoms with Crippen LogP contribution in [0.1, 0.15) is 19.4 Å². The molecule has 0 amide bonds. The van der Waals surface area contributed by atoms with E-state index >= 15 is 0 Å². The Labute approximate surface area is 180 Å². The maximum Gasteiger partial charge on any atom is 0.248 e. The molecule has 29 heavy (non-hydrogen) atoms. The second-order valence-corrected chi connectivity index (χ2v) is 8.63. The van der Waals surface area contributed by atoms with Gasteiger partial charge >= 0.3 is 0 Å². The lowest BCUT2D eigenvalue weighted by atomic mass is 9.86. The first-order valence-electron chi connectivity index (χ1n) is 8.88. The summed E-state index contributed by atoms with van der Waals surface area (Å²) in [6, 6.07) is 15.0. The van der Waals surface area contributed by atoms with Crippen molar-refractivity contribution in [3.63, 3.8) is 0 Å². The fraction of sp³-hybridized carbons (Fsp3) is 0.136. The lowest BCUT2D eigenvalue weighted by molar-refractivity contribution is 0.687. The van der Waals surface area contributed by atoms with Crippen molar-refractivity contribution >= 4 is 60.7 Å². The van der Waals surface area contributed by atoms with Gasteiger partial charge in [0.25, 0.3) is 0 Å². The maximum atomic E-state index is 12.0. The Morgan fingerprint density at radius 1 is 1.14 bits per heavy atom. The van der Waals surface area contributed by atoms with Crippen LogP contribution in [0.15, 0.2) is 57.9 Å². The molecule has 5 nitrogen and oxygen atoms in total. The molecule has 0 aliphatic rings. The molecule has 0 bridgehead atoms. The van der Waals surface area contributed by atoms with Crippen LogP contribution in [0, 0.1) is 11.3 Å². The molecule has 0 unspecified atom stereocenters. The van der Waals surface area contributed by atoms with E-state index in [0.29, 0.717) is 21.9 Å². The van der Waals surface area contributed by atoms with Crippen LogP contribution in [0.25, 0.3) is 21.7 Å². The van der Waals surface area contributed by atoms with Crippen molar-refractivity contribution in [2.45, 2.75) is 19.3 Å². The molecule has 2 heterocycles.